The van der Waals surface area contributed by atoms with Gasteiger partial charge in [-0.2, -0.15) is 0 Å². The molecule has 1 aliphatic rings. The number of halogens is 2. The number of ether oxygens (including phenoxy) is 3. The smallest absolute Gasteiger partial charge is 0.336 e. The molecule has 32 heavy (non-hydrogen) atoms. The molecule has 1 aliphatic heterocycles. The lowest BCUT2D eigenvalue weighted by molar-refractivity contribution is -0.139. The zero-order valence-electron chi connectivity index (χ0n) is 17.6. The Balaban J connectivity index is 2.11. The number of hydrogen-bond donors (Lipinski definition) is 2. The monoisotopic (exact) mass is 481 g/mol. The SMILES string of the molecule is CCOC(=O)C1=C(COCc2nnn[nH]2)NC(C)=C(C(=O)OC)C1c1cccc(Cl)c1Cl. The Morgan fingerprint density at radius 1 is 1.16 bits per heavy atom. The van der Waals surface area contributed by atoms with Crippen molar-refractivity contribution in [3.8, 4) is 0 Å². The number of hydrogen-bond acceptors (Lipinski definition) is 9. The van der Waals surface area contributed by atoms with Gasteiger partial charge in [0, 0.05) is 5.70 Å². The zero-order valence-corrected chi connectivity index (χ0v) is 19.1. The third-order valence-corrected chi connectivity index (χ3v) is 5.55. The molecule has 1 unspecified atom stereocenters. The average Bonchev–Trinajstić information content (AvgIpc) is 3.28. The highest BCUT2D eigenvalue weighted by molar-refractivity contribution is 6.42. The molecule has 0 saturated carbocycles. The number of H-pyrrole nitrogens is 1. The number of rotatable bonds is 8. The summed E-state index contributed by atoms with van der Waals surface area (Å²) in [5.41, 5.74) is 1.72. The standard InChI is InChI=1S/C20H21Cl2N5O5/c1-4-32-20(29)17-13(8-31-9-14-24-26-27-25-14)23-10(2)15(19(28)30-3)16(17)11-6-5-7-12(21)18(11)22/h5-7,16,23H,4,8-9H2,1-3H3,(H,24,25,26,27). The highest BCUT2D eigenvalue weighted by atomic mass is 35.5. The minimum absolute atomic E-state index is 0.0185. The minimum Gasteiger partial charge on any atom is -0.466 e. The molecule has 0 fully saturated rings. The maximum atomic E-state index is 13.1. The molecular formula is C20H21Cl2N5O5. The summed E-state index contributed by atoms with van der Waals surface area (Å²) in [7, 11) is 1.26. The van der Waals surface area contributed by atoms with Crippen molar-refractivity contribution in [2.45, 2.75) is 26.4 Å². The number of dihydropyridines is 1. The summed E-state index contributed by atoms with van der Waals surface area (Å²) in [6, 6.07) is 5.00. The van der Waals surface area contributed by atoms with Crippen molar-refractivity contribution < 1.29 is 23.8 Å². The normalized spacial score (nSPS) is 16.1. The molecule has 12 heteroatoms. The predicted octanol–water partition coefficient (Wildman–Crippen LogP) is 2.67. The van der Waals surface area contributed by atoms with Crippen LogP contribution in [-0.2, 0) is 30.4 Å². The van der Waals surface area contributed by atoms with Gasteiger partial charge in [-0.25, -0.2) is 14.7 Å². The van der Waals surface area contributed by atoms with E-state index in [1.165, 1.54) is 7.11 Å². The zero-order chi connectivity index (χ0) is 23.3. The summed E-state index contributed by atoms with van der Waals surface area (Å²) in [5.74, 6) is -1.73. The molecule has 3 rings (SSSR count). The summed E-state index contributed by atoms with van der Waals surface area (Å²) < 4.78 is 16.0. The van der Waals surface area contributed by atoms with Crippen LogP contribution < -0.4 is 5.32 Å². The second-order valence-corrected chi connectivity index (χ2v) is 7.47. The Morgan fingerprint density at radius 2 is 1.94 bits per heavy atom. The van der Waals surface area contributed by atoms with Gasteiger partial charge in [-0.15, -0.1) is 5.10 Å². The molecule has 10 nitrogen and oxygen atoms in total. The number of aromatic amines is 1. The summed E-state index contributed by atoms with van der Waals surface area (Å²) >= 11 is 12.7. The first kappa shape index (κ1) is 23.7. The number of carbonyl (C=O) groups excluding carboxylic acids is 2. The fourth-order valence-corrected chi connectivity index (χ4v) is 3.80. The number of esters is 2. The van der Waals surface area contributed by atoms with Crippen molar-refractivity contribution in [2.75, 3.05) is 20.3 Å². The molecule has 0 spiro atoms. The number of methoxy groups -OCH3 is 1. The van der Waals surface area contributed by atoms with E-state index in [1.807, 2.05) is 0 Å². The molecule has 2 N–H and O–H groups in total. The maximum Gasteiger partial charge on any atom is 0.336 e. The van der Waals surface area contributed by atoms with Crippen molar-refractivity contribution in [3.05, 3.63) is 62.2 Å². The van der Waals surface area contributed by atoms with Crippen LogP contribution in [-0.4, -0.2) is 52.9 Å². The molecule has 2 aromatic rings. The van der Waals surface area contributed by atoms with Gasteiger partial charge in [0.15, 0.2) is 5.82 Å². The van der Waals surface area contributed by atoms with Crippen LogP contribution in [0.25, 0.3) is 0 Å². The lowest BCUT2D eigenvalue weighted by atomic mass is 9.80. The van der Waals surface area contributed by atoms with E-state index < -0.39 is 17.9 Å². The van der Waals surface area contributed by atoms with Crippen LogP contribution in [0, 0.1) is 0 Å². The van der Waals surface area contributed by atoms with E-state index >= 15 is 0 Å². The maximum absolute atomic E-state index is 13.1. The van der Waals surface area contributed by atoms with Crippen LogP contribution in [0.1, 0.15) is 31.2 Å². The molecule has 2 heterocycles. The van der Waals surface area contributed by atoms with Crippen molar-refractivity contribution in [3.63, 3.8) is 0 Å². The molecule has 1 atom stereocenters. The van der Waals surface area contributed by atoms with Crippen LogP contribution >= 0.6 is 23.2 Å². The number of nitrogens with one attached hydrogen (secondary N) is 2. The molecular weight excluding hydrogens is 461 g/mol. The van der Waals surface area contributed by atoms with Gasteiger partial charge < -0.3 is 19.5 Å². The van der Waals surface area contributed by atoms with Crippen molar-refractivity contribution >= 4 is 35.1 Å². The van der Waals surface area contributed by atoms with E-state index in [4.69, 9.17) is 37.4 Å². The summed E-state index contributed by atoms with van der Waals surface area (Å²) in [5, 5.41) is 16.9. The Kier molecular flexibility index (Phi) is 7.84. The van der Waals surface area contributed by atoms with Crippen LogP contribution in [0.2, 0.25) is 10.0 Å². The number of tetrazole rings is 1. The Bertz CT molecular complexity index is 1070. The van der Waals surface area contributed by atoms with Gasteiger partial charge in [0.2, 0.25) is 0 Å². The van der Waals surface area contributed by atoms with Crippen molar-refractivity contribution in [2.24, 2.45) is 0 Å². The third-order valence-electron chi connectivity index (χ3n) is 4.71. The minimum atomic E-state index is -0.889. The third kappa shape index (κ3) is 4.93. The second kappa shape index (κ2) is 10.6. The fraction of sp³-hybridized carbons (Fsp3) is 0.350. The highest BCUT2D eigenvalue weighted by Crippen LogP contribution is 2.43. The lowest BCUT2D eigenvalue weighted by Crippen LogP contribution is -2.34. The van der Waals surface area contributed by atoms with Gasteiger partial charge in [-0.1, -0.05) is 35.3 Å². The Hall–Kier alpha value is -2.95. The fourth-order valence-electron chi connectivity index (χ4n) is 3.38. The van der Waals surface area contributed by atoms with Gasteiger partial charge in [0.25, 0.3) is 0 Å². The van der Waals surface area contributed by atoms with E-state index in [9.17, 15) is 9.59 Å². The predicted molar refractivity (Wildman–Crippen MR) is 115 cm³/mol. The molecule has 0 radical (unpaired) electrons. The largest absolute Gasteiger partial charge is 0.466 e. The van der Waals surface area contributed by atoms with Gasteiger partial charge in [0.05, 0.1) is 53.1 Å². The van der Waals surface area contributed by atoms with Gasteiger partial charge in [-0.3, -0.25) is 0 Å². The average molecular weight is 482 g/mol. The van der Waals surface area contributed by atoms with E-state index in [0.717, 1.165) is 0 Å². The Morgan fingerprint density at radius 3 is 2.59 bits per heavy atom. The molecule has 0 bridgehead atoms. The van der Waals surface area contributed by atoms with E-state index in [0.29, 0.717) is 22.8 Å². The van der Waals surface area contributed by atoms with Crippen LogP contribution in [0.15, 0.2) is 40.7 Å². The summed E-state index contributed by atoms with van der Waals surface area (Å²) in [6.07, 6.45) is 0. The van der Waals surface area contributed by atoms with Crippen LogP contribution in [0.5, 0.6) is 0 Å². The molecule has 0 aliphatic carbocycles. The van der Waals surface area contributed by atoms with Gasteiger partial charge in [-0.05, 0) is 35.9 Å². The summed E-state index contributed by atoms with van der Waals surface area (Å²) in [6.45, 7) is 3.57. The van der Waals surface area contributed by atoms with E-state index in [2.05, 4.69) is 25.9 Å². The summed E-state index contributed by atoms with van der Waals surface area (Å²) in [4.78, 5) is 25.8. The van der Waals surface area contributed by atoms with E-state index in [1.54, 1.807) is 32.0 Å². The number of benzene rings is 1. The van der Waals surface area contributed by atoms with Crippen molar-refractivity contribution in [1.82, 2.24) is 25.9 Å². The number of allylic oxidation sites excluding steroid dienone is 1. The lowest BCUT2D eigenvalue weighted by Gasteiger charge is -2.31. The first-order valence-electron chi connectivity index (χ1n) is 9.59. The molecule has 1 aromatic heterocycles. The van der Waals surface area contributed by atoms with E-state index in [-0.39, 0.29) is 41.0 Å². The molecule has 1 aromatic carbocycles. The van der Waals surface area contributed by atoms with Crippen LogP contribution in [0.3, 0.4) is 0 Å². The Labute approximate surface area is 193 Å². The van der Waals surface area contributed by atoms with Gasteiger partial charge in [0.1, 0.15) is 6.61 Å². The molecule has 170 valence electrons. The topological polar surface area (TPSA) is 128 Å². The van der Waals surface area contributed by atoms with Crippen molar-refractivity contribution in [1.29, 1.82) is 0 Å². The number of nitrogens with zero attached hydrogens (tertiary/aromatic N) is 3. The first-order chi connectivity index (χ1) is 15.4. The van der Waals surface area contributed by atoms with Crippen LogP contribution in [0.4, 0.5) is 0 Å². The van der Waals surface area contributed by atoms with Gasteiger partial charge >= 0.3 is 11.9 Å². The number of carbonyl (C=O) groups is 2. The molecule has 0 saturated heterocycles. The highest BCUT2D eigenvalue weighted by Gasteiger charge is 2.40. The second-order valence-electron chi connectivity index (χ2n) is 6.68. The number of aromatic nitrogens is 4. The quantitative estimate of drug-likeness (QED) is 0.546. The first-order valence-corrected chi connectivity index (χ1v) is 10.3. The molecule has 0 amide bonds.